The summed E-state index contributed by atoms with van der Waals surface area (Å²) in [6, 6.07) is 7.10. The molecule has 1 heterocycles. The van der Waals surface area contributed by atoms with Crippen molar-refractivity contribution in [3.63, 3.8) is 0 Å². The second-order valence-electron chi connectivity index (χ2n) is 9.12. The van der Waals surface area contributed by atoms with Crippen molar-refractivity contribution >= 4 is 19.7 Å². The molecule has 0 saturated heterocycles. The second-order valence-corrected chi connectivity index (χ2v) is 15.2. The van der Waals surface area contributed by atoms with E-state index in [-0.39, 0.29) is 12.0 Å². The summed E-state index contributed by atoms with van der Waals surface area (Å²) in [5.41, 5.74) is 4.42. The quantitative estimate of drug-likeness (QED) is 0.413. The Balaban J connectivity index is 2.48. The van der Waals surface area contributed by atoms with Crippen LogP contribution in [0, 0.1) is 0 Å². The molecule has 0 radical (unpaired) electrons. The van der Waals surface area contributed by atoms with E-state index in [1.54, 1.807) is 7.11 Å². The number of carbonyl (C=O) groups excluding carboxylic acids is 1. The van der Waals surface area contributed by atoms with E-state index in [1.807, 2.05) is 13.0 Å². The van der Waals surface area contributed by atoms with Gasteiger partial charge in [0.2, 0.25) is 0 Å². The minimum absolute atomic E-state index is 0.139. The predicted octanol–water partition coefficient (Wildman–Crippen LogP) is 6.20. The zero-order chi connectivity index (χ0) is 21.1. The molecule has 0 spiro atoms. The van der Waals surface area contributed by atoms with Crippen molar-refractivity contribution in [3.8, 4) is 5.75 Å². The van der Waals surface area contributed by atoms with Gasteiger partial charge in [0.1, 0.15) is 11.8 Å². The predicted molar refractivity (Wildman–Crippen MR) is 120 cm³/mol. The van der Waals surface area contributed by atoms with Gasteiger partial charge in [-0.2, -0.15) is 0 Å². The van der Waals surface area contributed by atoms with Crippen molar-refractivity contribution in [1.82, 2.24) is 0 Å². The summed E-state index contributed by atoms with van der Waals surface area (Å²) in [6.07, 6.45) is 0.792. The van der Waals surface area contributed by atoms with E-state index >= 15 is 0 Å². The number of hydrogen-bond donors (Lipinski definition) is 1. The summed E-state index contributed by atoms with van der Waals surface area (Å²) in [4.78, 5) is 12.5. The lowest BCUT2D eigenvalue weighted by Gasteiger charge is -2.47. The van der Waals surface area contributed by atoms with E-state index in [9.17, 15) is 4.79 Å². The van der Waals surface area contributed by atoms with E-state index in [0.29, 0.717) is 29.1 Å². The maximum atomic E-state index is 12.5. The molecule has 2 atom stereocenters. The first-order chi connectivity index (χ1) is 13.2. The Labute approximate surface area is 172 Å². The van der Waals surface area contributed by atoms with Crippen molar-refractivity contribution in [1.29, 1.82) is 0 Å². The third-order valence-corrected chi connectivity index (χ3v) is 14.6. The summed E-state index contributed by atoms with van der Waals surface area (Å²) >= 11 is 0. The highest BCUT2D eigenvalue weighted by Gasteiger charge is 2.46. The second kappa shape index (κ2) is 9.34. The minimum Gasteiger partial charge on any atom is -0.497 e. The van der Waals surface area contributed by atoms with Gasteiger partial charge in [-0.15, -0.1) is 0 Å². The Morgan fingerprint density at radius 1 is 1.14 bits per heavy atom. The summed E-state index contributed by atoms with van der Waals surface area (Å²) in [6.45, 7) is 16.7. The monoisotopic (exact) mass is 405 g/mol. The highest BCUT2D eigenvalue weighted by molar-refractivity contribution is 6.83. The van der Waals surface area contributed by atoms with E-state index < -0.39 is 8.07 Å². The van der Waals surface area contributed by atoms with Crippen molar-refractivity contribution < 1.29 is 14.3 Å². The Hall–Kier alpha value is -1.49. The third kappa shape index (κ3) is 4.40. The van der Waals surface area contributed by atoms with Crippen LogP contribution in [-0.4, -0.2) is 33.8 Å². The Kier molecular flexibility index (Phi) is 7.60. The van der Waals surface area contributed by atoms with Crippen LogP contribution in [-0.2, 0) is 9.53 Å². The van der Waals surface area contributed by atoms with Gasteiger partial charge < -0.3 is 14.8 Å². The molecule has 0 saturated carbocycles. The molecule has 1 aromatic rings. The van der Waals surface area contributed by atoms with Gasteiger partial charge in [0.15, 0.2) is 0 Å². The number of anilines is 1. The topological polar surface area (TPSA) is 47.6 Å². The SMILES string of the molecule is CCOC(=O)[C@H]1C[C@@H](C[Si](C(C)C)(C(C)C)C(C)C)c2cc(OC)ccc2N1. The van der Waals surface area contributed by atoms with E-state index in [4.69, 9.17) is 9.47 Å². The largest absolute Gasteiger partial charge is 0.497 e. The van der Waals surface area contributed by atoms with Crippen molar-refractivity contribution in [3.05, 3.63) is 23.8 Å². The molecule has 0 fully saturated rings. The van der Waals surface area contributed by atoms with Crippen LogP contribution < -0.4 is 10.1 Å². The Morgan fingerprint density at radius 2 is 1.75 bits per heavy atom. The zero-order valence-corrected chi connectivity index (χ0v) is 20.0. The molecule has 4 nitrogen and oxygen atoms in total. The lowest BCUT2D eigenvalue weighted by atomic mass is 9.88. The van der Waals surface area contributed by atoms with Gasteiger partial charge in [-0.05, 0) is 49.1 Å². The first-order valence-electron chi connectivity index (χ1n) is 10.8. The number of carbonyl (C=O) groups is 1. The molecule has 1 aliphatic rings. The van der Waals surface area contributed by atoms with Gasteiger partial charge in [0.05, 0.1) is 21.8 Å². The Bertz CT molecular complexity index is 650. The van der Waals surface area contributed by atoms with Gasteiger partial charge in [-0.1, -0.05) is 58.2 Å². The Morgan fingerprint density at radius 3 is 2.25 bits per heavy atom. The number of esters is 1. The van der Waals surface area contributed by atoms with E-state index in [2.05, 4.69) is 59.0 Å². The lowest BCUT2D eigenvalue weighted by Crippen LogP contribution is -2.47. The van der Waals surface area contributed by atoms with E-state index in [0.717, 1.165) is 17.9 Å². The summed E-state index contributed by atoms with van der Waals surface area (Å²) in [5, 5.41) is 3.42. The van der Waals surface area contributed by atoms with Crippen LogP contribution >= 0.6 is 0 Å². The molecule has 0 aromatic heterocycles. The van der Waals surface area contributed by atoms with Gasteiger partial charge in [-0.25, -0.2) is 4.79 Å². The first-order valence-corrected chi connectivity index (χ1v) is 13.2. The van der Waals surface area contributed by atoms with Gasteiger partial charge >= 0.3 is 5.97 Å². The smallest absolute Gasteiger partial charge is 0.328 e. The molecule has 1 aromatic carbocycles. The molecule has 0 amide bonds. The number of benzene rings is 1. The van der Waals surface area contributed by atoms with E-state index in [1.165, 1.54) is 11.6 Å². The number of nitrogens with one attached hydrogen (secondary N) is 1. The van der Waals surface area contributed by atoms with Crippen molar-refractivity contribution in [2.24, 2.45) is 0 Å². The van der Waals surface area contributed by atoms with Gasteiger partial charge in [-0.3, -0.25) is 0 Å². The maximum Gasteiger partial charge on any atom is 0.328 e. The third-order valence-electron chi connectivity index (χ3n) is 6.94. The lowest BCUT2D eigenvalue weighted by molar-refractivity contribution is -0.144. The van der Waals surface area contributed by atoms with Crippen molar-refractivity contribution in [2.45, 2.75) is 89.5 Å². The minimum atomic E-state index is -1.61. The molecule has 158 valence electrons. The fraction of sp³-hybridized carbons (Fsp3) is 0.696. The molecule has 0 bridgehead atoms. The maximum absolute atomic E-state index is 12.5. The molecule has 1 aliphatic heterocycles. The molecule has 0 unspecified atom stereocenters. The summed E-state index contributed by atoms with van der Waals surface area (Å²) < 4.78 is 10.9. The average Bonchev–Trinajstić information content (AvgIpc) is 2.64. The number of ether oxygens (including phenoxy) is 2. The average molecular weight is 406 g/mol. The zero-order valence-electron chi connectivity index (χ0n) is 19.0. The number of fused-ring (bicyclic) bond motifs is 1. The molecule has 0 aliphatic carbocycles. The van der Waals surface area contributed by atoms with Crippen LogP contribution in [0.1, 0.15) is 66.4 Å². The van der Waals surface area contributed by atoms with Crippen LogP contribution in [0.5, 0.6) is 5.75 Å². The highest BCUT2D eigenvalue weighted by Crippen LogP contribution is 2.51. The molecule has 2 rings (SSSR count). The van der Waals surface area contributed by atoms with Crippen LogP contribution in [0.2, 0.25) is 22.7 Å². The molecule has 1 N–H and O–H groups in total. The fourth-order valence-corrected chi connectivity index (χ4v) is 12.2. The highest BCUT2D eigenvalue weighted by atomic mass is 28.3. The number of rotatable bonds is 8. The standard InChI is InChI=1S/C23H39NO3Si/c1-9-27-23(25)22-12-18(14-28(15(2)3,16(4)5)17(6)7)20-13-19(26-8)10-11-21(20)24-22/h10-11,13,15-18,22,24H,9,12,14H2,1-8H3/t18-,22+/m0/s1. The number of methoxy groups -OCH3 is 1. The molecular weight excluding hydrogens is 366 g/mol. The van der Waals surface area contributed by atoms with Gasteiger partial charge in [0, 0.05) is 5.69 Å². The first kappa shape index (κ1) is 22.8. The molecule has 28 heavy (non-hydrogen) atoms. The fourth-order valence-electron chi connectivity index (χ4n) is 5.52. The van der Waals surface area contributed by atoms with Gasteiger partial charge in [0.25, 0.3) is 0 Å². The van der Waals surface area contributed by atoms with Crippen LogP contribution in [0.15, 0.2) is 18.2 Å². The molecule has 5 heteroatoms. The van der Waals surface area contributed by atoms with Crippen molar-refractivity contribution in [2.75, 3.05) is 19.0 Å². The number of hydrogen-bond acceptors (Lipinski definition) is 4. The van der Waals surface area contributed by atoms with Crippen LogP contribution in [0.3, 0.4) is 0 Å². The summed E-state index contributed by atoms with van der Waals surface area (Å²) in [5.74, 6) is 1.09. The molecular formula is C23H39NO3Si. The van der Waals surface area contributed by atoms with Crippen LogP contribution in [0.4, 0.5) is 5.69 Å². The summed E-state index contributed by atoms with van der Waals surface area (Å²) in [7, 11) is 0.0975. The van der Waals surface area contributed by atoms with Crippen LogP contribution in [0.25, 0.3) is 0 Å². The normalized spacial score (nSPS) is 19.5.